The summed E-state index contributed by atoms with van der Waals surface area (Å²) in [4.78, 5) is 38.2. The Labute approximate surface area is 412 Å². The molecule has 0 saturated heterocycles. The van der Waals surface area contributed by atoms with Gasteiger partial charge in [-0.15, -0.1) is 0 Å². The van der Waals surface area contributed by atoms with Gasteiger partial charge in [0.2, 0.25) is 0 Å². The molecule has 0 aromatic carbocycles. The summed E-state index contributed by atoms with van der Waals surface area (Å²) in [6.45, 7) is 9.07. The van der Waals surface area contributed by atoms with Crippen LogP contribution in [-0.4, -0.2) is 37.2 Å². The second kappa shape index (κ2) is 54.4. The van der Waals surface area contributed by atoms with Gasteiger partial charge in [-0.3, -0.25) is 14.4 Å². The molecule has 0 rings (SSSR count). The first kappa shape index (κ1) is 64.4. The van der Waals surface area contributed by atoms with Crippen LogP contribution in [0.15, 0.2) is 0 Å². The molecule has 0 N–H and O–H groups in total. The number of carbonyl (C=O) groups excluding carboxylic acids is 3. The zero-order chi connectivity index (χ0) is 48.1. The molecule has 1 atom stereocenters. The molecule has 392 valence electrons. The summed E-state index contributed by atoms with van der Waals surface area (Å²) in [5.41, 5.74) is 0. The number of rotatable bonds is 55. The molecule has 0 saturated carbocycles. The lowest BCUT2D eigenvalue weighted by Crippen LogP contribution is -2.30. The Bertz CT molecular complexity index is 996. The van der Waals surface area contributed by atoms with E-state index in [2.05, 4.69) is 27.7 Å². The van der Waals surface area contributed by atoms with E-state index in [-0.39, 0.29) is 31.1 Å². The van der Waals surface area contributed by atoms with E-state index in [4.69, 9.17) is 14.2 Å². The Hall–Kier alpha value is -1.59. The molecule has 0 aliphatic rings. The maximum atomic E-state index is 12.9. The lowest BCUT2D eigenvalue weighted by atomic mass is 10.0. The van der Waals surface area contributed by atoms with Crippen molar-refractivity contribution < 1.29 is 28.6 Å². The molecule has 0 heterocycles. The van der Waals surface area contributed by atoms with Crippen LogP contribution in [-0.2, 0) is 28.6 Å². The van der Waals surface area contributed by atoms with E-state index in [0.29, 0.717) is 19.3 Å². The van der Waals surface area contributed by atoms with Crippen molar-refractivity contribution in [2.75, 3.05) is 13.2 Å². The summed E-state index contributed by atoms with van der Waals surface area (Å²) in [7, 11) is 0. The summed E-state index contributed by atoms with van der Waals surface area (Å²) in [5.74, 6) is 0.000975. The number of hydrogen-bond donors (Lipinski definition) is 0. The zero-order valence-corrected chi connectivity index (χ0v) is 45.2. The van der Waals surface area contributed by atoms with Gasteiger partial charge in [0.25, 0.3) is 0 Å². The molecule has 66 heavy (non-hydrogen) atoms. The first-order chi connectivity index (χ1) is 32.4. The van der Waals surface area contributed by atoms with Crippen LogP contribution in [0.5, 0.6) is 0 Å². The second-order valence-electron chi connectivity index (χ2n) is 21.1. The van der Waals surface area contributed by atoms with Crippen molar-refractivity contribution in [2.45, 2.75) is 348 Å². The van der Waals surface area contributed by atoms with Gasteiger partial charge in [-0.1, -0.05) is 304 Å². The monoisotopic (exact) mass is 933 g/mol. The molecule has 0 aromatic heterocycles. The third kappa shape index (κ3) is 53.4. The summed E-state index contributed by atoms with van der Waals surface area (Å²) >= 11 is 0. The van der Waals surface area contributed by atoms with Gasteiger partial charge in [0.1, 0.15) is 13.2 Å². The second-order valence-corrected chi connectivity index (χ2v) is 21.1. The van der Waals surface area contributed by atoms with Gasteiger partial charge in [0, 0.05) is 19.3 Å². The molecule has 6 nitrogen and oxygen atoms in total. The van der Waals surface area contributed by atoms with Gasteiger partial charge >= 0.3 is 17.9 Å². The van der Waals surface area contributed by atoms with E-state index in [1.807, 2.05) is 0 Å². The minimum Gasteiger partial charge on any atom is -0.462 e. The Morgan fingerprint density at radius 2 is 0.500 bits per heavy atom. The fraction of sp³-hybridized carbons (Fsp3) is 0.950. The van der Waals surface area contributed by atoms with Crippen LogP contribution in [0.25, 0.3) is 0 Å². The van der Waals surface area contributed by atoms with Crippen molar-refractivity contribution >= 4 is 17.9 Å². The number of carbonyl (C=O) groups is 3. The maximum Gasteiger partial charge on any atom is 0.306 e. The normalized spacial score (nSPS) is 12.0. The van der Waals surface area contributed by atoms with Crippen LogP contribution in [0, 0.1) is 5.92 Å². The molecule has 0 spiro atoms. The smallest absolute Gasteiger partial charge is 0.306 e. The maximum absolute atomic E-state index is 12.9. The number of hydrogen-bond acceptors (Lipinski definition) is 6. The van der Waals surface area contributed by atoms with Gasteiger partial charge in [-0.2, -0.15) is 0 Å². The number of ether oxygens (including phenoxy) is 3. The Morgan fingerprint density at radius 1 is 0.288 bits per heavy atom. The molecule has 0 radical (unpaired) electrons. The Kier molecular flexibility index (Phi) is 53.0. The van der Waals surface area contributed by atoms with E-state index < -0.39 is 6.10 Å². The van der Waals surface area contributed by atoms with Gasteiger partial charge in [0.15, 0.2) is 6.10 Å². The minimum atomic E-state index is -0.762. The number of esters is 3. The zero-order valence-electron chi connectivity index (χ0n) is 45.2. The molecule has 0 bridgehead atoms. The van der Waals surface area contributed by atoms with E-state index >= 15 is 0 Å². The van der Waals surface area contributed by atoms with Crippen molar-refractivity contribution in [3.63, 3.8) is 0 Å². The van der Waals surface area contributed by atoms with Crippen molar-refractivity contribution in [1.82, 2.24) is 0 Å². The average Bonchev–Trinajstić information content (AvgIpc) is 3.30. The number of unbranched alkanes of at least 4 members (excludes halogenated alkanes) is 42. The van der Waals surface area contributed by atoms with Gasteiger partial charge in [-0.05, 0) is 25.2 Å². The summed E-state index contributed by atoms with van der Waals surface area (Å²) in [5, 5.41) is 0. The van der Waals surface area contributed by atoms with Crippen LogP contribution in [0.2, 0.25) is 0 Å². The third-order valence-corrected chi connectivity index (χ3v) is 13.8. The third-order valence-electron chi connectivity index (χ3n) is 13.8. The van der Waals surface area contributed by atoms with Crippen LogP contribution in [0.1, 0.15) is 342 Å². The van der Waals surface area contributed by atoms with Crippen LogP contribution in [0.3, 0.4) is 0 Å². The minimum absolute atomic E-state index is 0.0616. The molecule has 0 fully saturated rings. The quantitative estimate of drug-likeness (QED) is 0.0343. The molecule has 0 aliphatic carbocycles. The molecule has 0 aliphatic heterocycles. The summed E-state index contributed by atoms with van der Waals surface area (Å²) in [6, 6.07) is 0. The van der Waals surface area contributed by atoms with Gasteiger partial charge < -0.3 is 14.2 Å². The van der Waals surface area contributed by atoms with E-state index in [1.54, 1.807) is 0 Å². The molecule has 0 unspecified atom stereocenters. The average molecular weight is 934 g/mol. The molecule has 0 aromatic rings. The van der Waals surface area contributed by atoms with E-state index in [9.17, 15) is 14.4 Å². The molecule has 6 heteroatoms. The predicted octanol–water partition coefficient (Wildman–Crippen LogP) is 19.8. The highest BCUT2D eigenvalue weighted by Gasteiger charge is 2.19. The standard InChI is InChI=1S/C60H116O6/c1-5-7-9-11-13-15-17-19-21-22-23-25-26-31-35-39-43-47-51-58(61)64-54-57(66-60(63)53-49-45-41-37-33-27-24-20-18-16-14-12-10-8-6-2)55-65-59(62)52-48-44-40-36-32-29-28-30-34-38-42-46-50-56(3)4/h56-57H,5-55H2,1-4H3/t57-/m1/s1. The summed E-state index contributed by atoms with van der Waals surface area (Å²) in [6.07, 6.45) is 59.5. The van der Waals surface area contributed by atoms with Crippen molar-refractivity contribution in [2.24, 2.45) is 5.92 Å². The highest BCUT2D eigenvalue weighted by molar-refractivity contribution is 5.71. The fourth-order valence-electron chi connectivity index (χ4n) is 9.28. The topological polar surface area (TPSA) is 78.9 Å². The fourth-order valence-corrected chi connectivity index (χ4v) is 9.28. The van der Waals surface area contributed by atoms with Crippen LogP contribution in [0.4, 0.5) is 0 Å². The highest BCUT2D eigenvalue weighted by Crippen LogP contribution is 2.18. The van der Waals surface area contributed by atoms with Gasteiger partial charge in [0.05, 0.1) is 0 Å². The SMILES string of the molecule is CCCCCCCCCCCCCCCCCCCCC(=O)OC[C@H](COC(=O)CCCCCCCCCCCCCCC(C)C)OC(=O)CCCCCCCCCCCCCCCCC. The predicted molar refractivity (Wildman–Crippen MR) is 284 cm³/mol. The van der Waals surface area contributed by atoms with E-state index in [0.717, 1.165) is 63.7 Å². The van der Waals surface area contributed by atoms with E-state index in [1.165, 1.54) is 238 Å². The van der Waals surface area contributed by atoms with Crippen molar-refractivity contribution in [1.29, 1.82) is 0 Å². The molecule has 0 amide bonds. The Morgan fingerprint density at radius 3 is 0.742 bits per heavy atom. The van der Waals surface area contributed by atoms with Crippen molar-refractivity contribution in [3.05, 3.63) is 0 Å². The van der Waals surface area contributed by atoms with Crippen LogP contribution >= 0.6 is 0 Å². The Balaban J connectivity index is 4.28. The van der Waals surface area contributed by atoms with Crippen molar-refractivity contribution in [3.8, 4) is 0 Å². The summed E-state index contributed by atoms with van der Waals surface area (Å²) < 4.78 is 16.9. The molecular weight excluding hydrogens is 817 g/mol. The lowest BCUT2D eigenvalue weighted by Gasteiger charge is -2.18. The first-order valence-corrected chi connectivity index (χ1v) is 29.9. The lowest BCUT2D eigenvalue weighted by molar-refractivity contribution is -0.167. The first-order valence-electron chi connectivity index (χ1n) is 29.9. The molecular formula is C60H116O6. The van der Waals surface area contributed by atoms with Gasteiger partial charge in [-0.25, -0.2) is 0 Å². The largest absolute Gasteiger partial charge is 0.462 e. The highest BCUT2D eigenvalue weighted by atomic mass is 16.6. The van der Waals surface area contributed by atoms with Crippen LogP contribution < -0.4 is 0 Å².